The summed E-state index contributed by atoms with van der Waals surface area (Å²) in [5, 5.41) is 12.2. The molecule has 1 aromatic carbocycles. The Kier molecular flexibility index (Phi) is 6.44. The standard InChI is InChI=1S/C15H23NO2/c1-3-9-16-14(11-15(17)18)10-13-7-5-12(4-2)6-8-13/h5-8,14,16H,3-4,9-11H2,1-2H3,(H,17,18). The molecule has 0 aromatic heterocycles. The Morgan fingerprint density at radius 2 is 1.83 bits per heavy atom. The minimum absolute atomic E-state index is 0.0231. The number of hydrogen-bond donors (Lipinski definition) is 2. The van der Waals surface area contributed by atoms with E-state index in [0.717, 1.165) is 25.8 Å². The maximum Gasteiger partial charge on any atom is 0.304 e. The minimum atomic E-state index is -0.742. The molecular formula is C15H23NO2. The maximum atomic E-state index is 10.8. The number of carbonyl (C=O) groups is 1. The van der Waals surface area contributed by atoms with E-state index < -0.39 is 5.97 Å². The Bertz CT molecular complexity index is 359. The molecule has 2 N–H and O–H groups in total. The monoisotopic (exact) mass is 249 g/mol. The number of carboxylic acid groups (broad SMARTS) is 1. The zero-order chi connectivity index (χ0) is 13.4. The summed E-state index contributed by atoms with van der Waals surface area (Å²) in [5.41, 5.74) is 2.51. The first-order valence-electron chi connectivity index (χ1n) is 6.68. The first-order chi connectivity index (χ1) is 8.65. The van der Waals surface area contributed by atoms with Gasteiger partial charge in [-0.05, 0) is 36.9 Å². The summed E-state index contributed by atoms with van der Waals surface area (Å²) in [6.07, 6.45) is 3.00. The van der Waals surface area contributed by atoms with E-state index in [2.05, 4.69) is 43.4 Å². The highest BCUT2D eigenvalue weighted by atomic mass is 16.4. The number of nitrogens with one attached hydrogen (secondary N) is 1. The second-order valence-electron chi connectivity index (χ2n) is 4.62. The molecule has 0 fully saturated rings. The number of rotatable bonds is 8. The van der Waals surface area contributed by atoms with Gasteiger partial charge in [0.05, 0.1) is 6.42 Å². The number of hydrogen-bond acceptors (Lipinski definition) is 2. The number of benzene rings is 1. The molecule has 1 rings (SSSR count). The van der Waals surface area contributed by atoms with Gasteiger partial charge in [0, 0.05) is 6.04 Å². The summed E-state index contributed by atoms with van der Waals surface area (Å²) in [6, 6.07) is 8.46. The number of aryl methyl sites for hydroxylation is 1. The van der Waals surface area contributed by atoms with E-state index in [4.69, 9.17) is 5.11 Å². The highest BCUT2D eigenvalue weighted by Crippen LogP contribution is 2.09. The third-order valence-corrected chi connectivity index (χ3v) is 3.02. The number of carboxylic acids is 1. The molecule has 0 aliphatic heterocycles. The third kappa shape index (κ3) is 5.32. The minimum Gasteiger partial charge on any atom is -0.481 e. The van der Waals surface area contributed by atoms with Crippen molar-refractivity contribution in [1.29, 1.82) is 0 Å². The van der Waals surface area contributed by atoms with Crippen molar-refractivity contribution in [2.45, 2.75) is 45.6 Å². The second kappa shape index (κ2) is 7.88. The molecule has 3 nitrogen and oxygen atoms in total. The summed E-state index contributed by atoms with van der Waals surface area (Å²) in [6.45, 7) is 5.08. The molecule has 3 heteroatoms. The first kappa shape index (κ1) is 14.7. The van der Waals surface area contributed by atoms with Crippen molar-refractivity contribution in [1.82, 2.24) is 5.32 Å². The molecule has 0 aliphatic carbocycles. The van der Waals surface area contributed by atoms with E-state index in [-0.39, 0.29) is 12.5 Å². The van der Waals surface area contributed by atoms with Gasteiger partial charge in [0.15, 0.2) is 0 Å². The molecule has 1 unspecified atom stereocenters. The molecule has 0 saturated carbocycles. The van der Waals surface area contributed by atoms with Crippen molar-refractivity contribution < 1.29 is 9.90 Å². The molecule has 1 atom stereocenters. The van der Waals surface area contributed by atoms with Gasteiger partial charge in [-0.15, -0.1) is 0 Å². The highest BCUT2D eigenvalue weighted by Gasteiger charge is 2.12. The Morgan fingerprint density at radius 3 is 2.33 bits per heavy atom. The molecule has 0 radical (unpaired) electrons. The smallest absolute Gasteiger partial charge is 0.304 e. The van der Waals surface area contributed by atoms with Crippen LogP contribution in [0.4, 0.5) is 0 Å². The van der Waals surface area contributed by atoms with Gasteiger partial charge in [0.2, 0.25) is 0 Å². The molecular weight excluding hydrogens is 226 g/mol. The Labute approximate surface area is 109 Å². The molecule has 100 valence electrons. The molecule has 1 aromatic rings. The maximum absolute atomic E-state index is 10.8. The Hall–Kier alpha value is -1.35. The molecule has 0 saturated heterocycles. The Balaban J connectivity index is 2.59. The average molecular weight is 249 g/mol. The third-order valence-electron chi connectivity index (χ3n) is 3.02. The van der Waals surface area contributed by atoms with E-state index in [0.29, 0.717) is 0 Å². The summed E-state index contributed by atoms with van der Waals surface area (Å²) in [7, 11) is 0. The fraction of sp³-hybridized carbons (Fsp3) is 0.533. The van der Waals surface area contributed by atoms with Crippen LogP contribution >= 0.6 is 0 Å². The van der Waals surface area contributed by atoms with E-state index in [9.17, 15) is 4.79 Å². The van der Waals surface area contributed by atoms with E-state index in [1.807, 2.05) is 0 Å². The molecule has 18 heavy (non-hydrogen) atoms. The van der Waals surface area contributed by atoms with E-state index >= 15 is 0 Å². The molecule has 0 amide bonds. The zero-order valence-corrected chi connectivity index (χ0v) is 11.3. The molecule has 0 bridgehead atoms. The van der Waals surface area contributed by atoms with Crippen molar-refractivity contribution in [2.24, 2.45) is 0 Å². The normalized spacial score (nSPS) is 12.3. The summed E-state index contributed by atoms with van der Waals surface area (Å²) >= 11 is 0. The highest BCUT2D eigenvalue weighted by molar-refractivity contribution is 5.67. The summed E-state index contributed by atoms with van der Waals surface area (Å²) < 4.78 is 0. The SMILES string of the molecule is CCCNC(CC(=O)O)Cc1ccc(CC)cc1. The lowest BCUT2D eigenvalue weighted by molar-refractivity contribution is -0.137. The first-order valence-corrected chi connectivity index (χ1v) is 6.68. The largest absolute Gasteiger partial charge is 0.481 e. The zero-order valence-electron chi connectivity index (χ0n) is 11.3. The van der Waals surface area contributed by atoms with Crippen LogP contribution < -0.4 is 5.32 Å². The van der Waals surface area contributed by atoms with Crippen LogP contribution in [-0.4, -0.2) is 23.7 Å². The average Bonchev–Trinajstić information content (AvgIpc) is 2.36. The van der Waals surface area contributed by atoms with Crippen LogP contribution in [0.3, 0.4) is 0 Å². The van der Waals surface area contributed by atoms with Gasteiger partial charge >= 0.3 is 5.97 Å². The van der Waals surface area contributed by atoms with Crippen molar-refractivity contribution in [3.05, 3.63) is 35.4 Å². The van der Waals surface area contributed by atoms with Crippen LogP contribution in [0.1, 0.15) is 37.8 Å². The topological polar surface area (TPSA) is 49.3 Å². The fourth-order valence-corrected chi connectivity index (χ4v) is 1.97. The van der Waals surface area contributed by atoms with Crippen molar-refractivity contribution in [2.75, 3.05) is 6.54 Å². The van der Waals surface area contributed by atoms with Gasteiger partial charge in [-0.1, -0.05) is 38.1 Å². The van der Waals surface area contributed by atoms with Gasteiger partial charge < -0.3 is 10.4 Å². The lowest BCUT2D eigenvalue weighted by Crippen LogP contribution is -2.33. The predicted molar refractivity (Wildman–Crippen MR) is 73.9 cm³/mol. The van der Waals surface area contributed by atoms with Crippen LogP contribution in [0.25, 0.3) is 0 Å². The van der Waals surface area contributed by atoms with Gasteiger partial charge in [0.1, 0.15) is 0 Å². The number of aliphatic carboxylic acids is 1. The van der Waals surface area contributed by atoms with Gasteiger partial charge in [-0.2, -0.15) is 0 Å². The van der Waals surface area contributed by atoms with Crippen LogP contribution in [0.2, 0.25) is 0 Å². The molecule has 0 heterocycles. The molecule has 0 aliphatic rings. The lowest BCUT2D eigenvalue weighted by atomic mass is 10.0. The van der Waals surface area contributed by atoms with Gasteiger partial charge in [-0.25, -0.2) is 0 Å². The quantitative estimate of drug-likeness (QED) is 0.744. The van der Waals surface area contributed by atoms with Gasteiger partial charge in [-0.3, -0.25) is 4.79 Å². The predicted octanol–water partition coefficient (Wildman–Crippen LogP) is 2.63. The van der Waals surface area contributed by atoms with Crippen molar-refractivity contribution in [3.8, 4) is 0 Å². The Morgan fingerprint density at radius 1 is 1.22 bits per heavy atom. The second-order valence-corrected chi connectivity index (χ2v) is 4.62. The summed E-state index contributed by atoms with van der Waals surface area (Å²) in [4.78, 5) is 10.8. The van der Waals surface area contributed by atoms with Gasteiger partial charge in [0.25, 0.3) is 0 Å². The van der Waals surface area contributed by atoms with Crippen LogP contribution in [0.15, 0.2) is 24.3 Å². The van der Waals surface area contributed by atoms with Crippen molar-refractivity contribution >= 4 is 5.97 Å². The fourth-order valence-electron chi connectivity index (χ4n) is 1.97. The van der Waals surface area contributed by atoms with Crippen LogP contribution in [0, 0.1) is 0 Å². The van der Waals surface area contributed by atoms with Crippen molar-refractivity contribution in [3.63, 3.8) is 0 Å². The van der Waals surface area contributed by atoms with Crippen LogP contribution in [0.5, 0.6) is 0 Å². The summed E-state index contributed by atoms with van der Waals surface area (Å²) in [5.74, 6) is -0.742. The lowest BCUT2D eigenvalue weighted by Gasteiger charge is -2.16. The van der Waals surface area contributed by atoms with E-state index in [1.165, 1.54) is 11.1 Å². The van der Waals surface area contributed by atoms with E-state index in [1.54, 1.807) is 0 Å². The van der Waals surface area contributed by atoms with Crippen LogP contribution in [-0.2, 0) is 17.6 Å². The molecule has 0 spiro atoms.